The van der Waals surface area contributed by atoms with E-state index in [0.717, 1.165) is 18.4 Å². The number of carbonyl (C=O) groups excluding carboxylic acids is 1. The van der Waals surface area contributed by atoms with E-state index in [1.165, 1.54) is 36.4 Å². The van der Waals surface area contributed by atoms with Crippen molar-refractivity contribution in [3.05, 3.63) is 83.6 Å². The van der Waals surface area contributed by atoms with Gasteiger partial charge in [-0.1, -0.05) is 12.1 Å². The van der Waals surface area contributed by atoms with Crippen molar-refractivity contribution in [2.75, 3.05) is 13.2 Å². The summed E-state index contributed by atoms with van der Waals surface area (Å²) in [7, 11) is 0. The van der Waals surface area contributed by atoms with E-state index >= 15 is 0 Å². The van der Waals surface area contributed by atoms with Gasteiger partial charge in [-0.3, -0.25) is 4.79 Å². The average Bonchev–Trinajstić information content (AvgIpc) is 3.38. The van der Waals surface area contributed by atoms with Crippen molar-refractivity contribution < 1.29 is 22.7 Å². The van der Waals surface area contributed by atoms with E-state index in [-0.39, 0.29) is 30.2 Å². The number of hydrogen-bond acceptors (Lipinski definition) is 4. The molecule has 7 heteroatoms. The molecular weight excluding hydrogens is 378 g/mol. The first kappa shape index (κ1) is 19.1. The molecule has 29 heavy (non-hydrogen) atoms. The van der Waals surface area contributed by atoms with Crippen LogP contribution < -0.4 is 4.74 Å². The van der Waals surface area contributed by atoms with Gasteiger partial charge in [-0.15, -0.1) is 0 Å². The van der Waals surface area contributed by atoms with E-state index < -0.39 is 0 Å². The lowest BCUT2D eigenvalue weighted by Crippen LogP contribution is -2.34. The molecule has 2 heterocycles. The average molecular weight is 398 g/mol. The van der Waals surface area contributed by atoms with Gasteiger partial charge in [0.2, 0.25) is 5.89 Å². The van der Waals surface area contributed by atoms with Crippen molar-refractivity contribution in [1.29, 1.82) is 0 Å². The lowest BCUT2D eigenvalue weighted by Gasteiger charge is -2.22. The highest BCUT2D eigenvalue weighted by molar-refractivity contribution is 5.78. The molecule has 2 aromatic carbocycles. The number of ether oxygens (including phenoxy) is 1. The molecule has 4 rings (SSSR count). The van der Waals surface area contributed by atoms with Crippen LogP contribution in [0.2, 0.25) is 0 Å². The molecule has 1 atom stereocenters. The van der Waals surface area contributed by atoms with E-state index in [4.69, 9.17) is 9.15 Å². The molecule has 1 saturated heterocycles. The van der Waals surface area contributed by atoms with Crippen LogP contribution in [-0.4, -0.2) is 28.9 Å². The van der Waals surface area contributed by atoms with Gasteiger partial charge in [0.25, 0.3) is 5.91 Å². The van der Waals surface area contributed by atoms with Crippen LogP contribution in [0.15, 0.2) is 59.1 Å². The third-order valence-corrected chi connectivity index (χ3v) is 4.90. The van der Waals surface area contributed by atoms with Gasteiger partial charge in [-0.2, -0.15) is 0 Å². The van der Waals surface area contributed by atoms with Crippen molar-refractivity contribution >= 4 is 5.91 Å². The maximum atomic E-state index is 13.0. The number of halogens is 2. The summed E-state index contributed by atoms with van der Waals surface area (Å²) in [4.78, 5) is 18.7. The second-order valence-corrected chi connectivity index (χ2v) is 6.96. The number of nitrogens with zero attached hydrogens (tertiary/aromatic N) is 2. The zero-order chi connectivity index (χ0) is 20.2. The Morgan fingerprint density at radius 3 is 2.52 bits per heavy atom. The zero-order valence-corrected chi connectivity index (χ0v) is 15.7. The predicted molar refractivity (Wildman–Crippen MR) is 101 cm³/mol. The fourth-order valence-corrected chi connectivity index (χ4v) is 3.44. The molecule has 0 radical (unpaired) electrons. The van der Waals surface area contributed by atoms with E-state index in [9.17, 15) is 13.6 Å². The Morgan fingerprint density at radius 2 is 1.79 bits per heavy atom. The molecule has 0 saturated carbocycles. The molecule has 1 aliphatic rings. The van der Waals surface area contributed by atoms with Crippen molar-refractivity contribution in [1.82, 2.24) is 9.88 Å². The van der Waals surface area contributed by atoms with Crippen LogP contribution in [0.5, 0.6) is 5.75 Å². The van der Waals surface area contributed by atoms with Crippen LogP contribution in [-0.2, 0) is 11.2 Å². The number of amides is 1. The lowest BCUT2D eigenvalue weighted by molar-refractivity contribution is -0.134. The summed E-state index contributed by atoms with van der Waals surface area (Å²) in [6.45, 7) is 0.469. The Balaban J connectivity index is 1.38. The Morgan fingerprint density at radius 1 is 1.10 bits per heavy atom. The van der Waals surface area contributed by atoms with E-state index in [1.54, 1.807) is 23.2 Å². The number of carbonyl (C=O) groups is 1. The van der Waals surface area contributed by atoms with Gasteiger partial charge >= 0.3 is 0 Å². The van der Waals surface area contributed by atoms with Crippen LogP contribution in [0.3, 0.4) is 0 Å². The van der Waals surface area contributed by atoms with Gasteiger partial charge in [-0.05, 0) is 54.8 Å². The first-order chi connectivity index (χ1) is 14.1. The summed E-state index contributed by atoms with van der Waals surface area (Å²) in [6.07, 6.45) is 3.76. The highest BCUT2D eigenvalue weighted by atomic mass is 19.1. The van der Waals surface area contributed by atoms with Crippen molar-refractivity contribution in [3.63, 3.8) is 0 Å². The van der Waals surface area contributed by atoms with Gasteiger partial charge in [0.1, 0.15) is 29.2 Å². The van der Waals surface area contributed by atoms with Crippen molar-refractivity contribution in [2.45, 2.75) is 25.3 Å². The molecule has 0 N–H and O–H groups in total. The molecular formula is C22H20F2N2O3. The van der Waals surface area contributed by atoms with Crippen LogP contribution in [0.4, 0.5) is 8.78 Å². The van der Waals surface area contributed by atoms with E-state index in [1.807, 2.05) is 0 Å². The van der Waals surface area contributed by atoms with Gasteiger partial charge < -0.3 is 14.1 Å². The SMILES string of the molecule is O=C(COc1ccc(F)cc1)N1CCC[C@@H]1c1ncc(Cc2ccc(F)cc2)o1. The Hall–Kier alpha value is -3.22. The number of likely N-dealkylation sites (tertiary alicyclic amines) is 1. The van der Waals surface area contributed by atoms with Gasteiger partial charge in [-0.25, -0.2) is 13.8 Å². The zero-order valence-electron chi connectivity index (χ0n) is 15.7. The van der Waals surface area contributed by atoms with Crippen LogP contribution in [0, 0.1) is 11.6 Å². The fourth-order valence-electron chi connectivity index (χ4n) is 3.44. The fraction of sp³-hybridized carbons (Fsp3) is 0.273. The minimum Gasteiger partial charge on any atom is -0.484 e. The van der Waals surface area contributed by atoms with Gasteiger partial charge in [0.15, 0.2) is 6.61 Å². The highest BCUT2D eigenvalue weighted by Gasteiger charge is 2.33. The summed E-state index contributed by atoms with van der Waals surface area (Å²) in [5.74, 6) is 0.783. The third-order valence-electron chi connectivity index (χ3n) is 4.90. The minimum atomic E-state index is -0.358. The number of aromatic nitrogens is 1. The monoisotopic (exact) mass is 398 g/mol. The number of benzene rings is 2. The second kappa shape index (κ2) is 8.43. The standard InChI is InChI=1S/C22H20F2N2O3/c23-16-5-3-15(4-6-16)12-19-13-25-22(29-19)20-2-1-11-26(20)21(27)14-28-18-9-7-17(24)8-10-18/h3-10,13,20H,1-2,11-12,14H2/t20-/m1/s1. The van der Waals surface area contributed by atoms with Crippen molar-refractivity contribution in [3.8, 4) is 5.75 Å². The summed E-state index contributed by atoms with van der Waals surface area (Å²) < 4.78 is 37.4. The number of rotatable bonds is 6. The van der Waals surface area contributed by atoms with Crippen LogP contribution >= 0.6 is 0 Å². The van der Waals surface area contributed by atoms with Crippen molar-refractivity contribution in [2.24, 2.45) is 0 Å². The minimum absolute atomic E-state index is 0.134. The molecule has 0 aliphatic carbocycles. The highest BCUT2D eigenvalue weighted by Crippen LogP contribution is 2.32. The summed E-state index contributed by atoms with van der Waals surface area (Å²) in [6, 6.07) is 11.5. The van der Waals surface area contributed by atoms with Crippen LogP contribution in [0.1, 0.15) is 36.1 Å². The molecule has 1 fully saturated rings. The summed E-state index contributed by atoms with van der Waals surface area (Å²) in [5.41, 5.74) is 0.918. The molecule has 3 aromatic rings. The summed E-state index contributed by atoms with van der Waals surface area (Å²) >= 11 is 0. The van der Waals surface area contributed by atoms with Gasteiger partial charge in [0.05, 0.1) is 6.20 Å². The summed E-state index contributed by atoms with van der Waals surface area (Å²) in [5, 5.41) is 0. The lowest BCUT2D eigenvalue weighted by atomic mass is 10.1. The Kier molecular flexibility index (Phi) is 5.55. The second-order valence-electron chi connectivity index (χ2n) is 6.96. The third kappa shape index (κ3) is 4.62. The van der Waals surface area contributed by atoms with Gasteiger partial charge in [0, 0.05) is 13.0 Å². The van der Waals surface area contributed by atoms with Crippen LogP contribution in [0.25, 0.3) is 0 Å². The maximum absolute atomic E-state index is 13.0. The molecule has 1 aromatic heterocycles. The first-order valence-electron chi connectivity index (χ1n) is 9.45. The predicted octanol–water partition coefficient (Wildman–Crippen LogP) is 4.29. The molecule has 5 nitrogen and oxygen atoms in total. The number of oxazole rings is 1. The normalized spacial score (nSPS) is 16.2. The molecule has 150 valence electrons. The molecule has 1 amide bonds. The molecule has 0 unspecified atom stereocenters. The smallest absolute Gasteiger partial charge is 0.261 e. The topological polar surface area (TPSA) is 55.6 Å². The largest absolute Gasteiger partial charge is 0.484 e. The Bertz CT molecular complexity index is 970. The maximum Gasteiger partial charge on any atom is 0.261 e. The molecule has 0 spiro atoms. The van der Waals surface area contributed by atoms with E-state index in [2.05, 4.69) is 4.98 Å². The molecule has 1 aliphatic heterocycles. The van der Waals surface area contributed by atoms with E-state index in [0.29, 0.717) is 30.4 Å². The number of hydrogen-bond donors (Lipinski definition) is 0. The first-order valence-corrected chi connectivity index (χ1v) is 9.45. The molecule has 0 bridgehead atoms. The quantitative estimate of drug-likeness (QED) is 0.622. The Labute approximate surface area is 166 Å².